The second-order valence-corrected chi connectivity index (χ2v) is 5.78. The van der Waals surface area contributed by atoms with Crippen LogP contribution >= 0.6 is 0 Å². The number of aromatic nitrogens is 3. The summed E-state index contributed by atoms with van der Waals surface area (Å²) in [5.41, 5.74) is 1.12. The van der Waals surface area contributed by atoms with Crippen molar-refractivity contribution in [3.05, 3.63) is 23.5 Å². The zero-order valence-electron chi connectivity index (χ0n) is 13.4. The second-order valence-electron chi connectivity index (χ2n) is 5.78. The van der Waals surface area contributed by atoms with Gasteiger partial charge in [-0.2, -0.15) is 5.10 Å². The predicted molar refractivity (Wildman–Crippen MR) is 91.1 cm³/mol. The minimum absolute atomic E-state index is 0. The van der Waals surface area contributed by atoms with E-state index in [2.05, 4.69) is 10.1 Å². The molecule has 3 rings (SSSR count). The quantitative estimate of drug-likeness (QED) is 0.838. The fourth-order valence-electron chi connectivity index (χ4n) is 2.80. The van der Waals surface area contributed by atoms with Gasteiger partial charge in [0.05, 0.1) is 6.20 Å². The van der Waals surface area contributed by atoms with Crippen LogP contribution in [0, 0.1) is 0 Å². The van der Waals surface area contributed by atoms with Crippen molar-refractivity contribution in [2.24, 2.45) is 0 Å². The van der Waals surface area contributed by atoms with Crippen LogP contribution in [-0.4, -0.2) is 85.3 Å². The monoisotopic (exact) mass is 341 g/mol. The molecule has 1 N–H and O–H groups in total. The molecule has 0 aliphatic carbocycles. The number of carboxylic acids is 1. The van der Waals surface area contributed by atoms with E-state index >= 15 is 0 Å². The van der Waals surface area contributed by atoms with E-state index in [4.69, 9.17) is 0 Å². The van der Waals surface area contributed by atoms with E-state index in [1.165, 1.54) is 10.7 Å². The van der Waals surface area contributed by atoms with Crippen LogP contribution in [0.4, 0.5) is 10.6 Å². The average molecular weight is 341 g/mol. The summed E-state index contributed by atoms with van der Waals surface area (Å²) in [4.78, 5) is 31.6. The summed E-state index contributed by atoms with van der Waals surface area (Å²) in [7, 11) is 0. The van der Waals surface area contributed by atoms with Crippen LogP contribution in [0.1, 0.15) is 36.8 Å². The first-order chi connectivity index (χ1) is 10.9. The van der Waals surface area contributed by atoms with E-state index in [1.807, 2.05) is 20.8 Å². The van der Waals surface area contributed by atoms with Crippen LogP contribution in [0.3, 0.4) is 0 Å². The summed E-state index contributed by atoms with van der Waals surface area (Å²) in [5.74, 6) is -0.603. The Labute approximate surface area is 161 Å². The molecule has 0 aromatic carbocycles. The van der Waals surface area contributed by atoms with Crippen LogP contribution in [0.2, 0.25) is 0 Å². The van der Waals surface area contributed by atoms with E-state index in [-0.39, 0.29) is 52.8 Å². The zero-order chi connectivity index (χ0) is 16.7. The van der Waals surface area contributed by atoms with Gasteiger partial charge in [0.2, 0.25) is 0 Å². The molecule has 2 aromatic rings. The molecule has 2 aromatic heterocycles. The predicted octanol–water partition coefficient (Wildman–Crippen LogP) is 0.992. The summed E-state index contributed by atoms with van der Waals surface area (Å²) in [6, 6.07) is 1.81. The number of amides is 2. The fourth-order valence-corrected chi connectivity index (χ4v) is 2.80. The van der Waals surface area contributed by atoms with Crippen molar-refractivity contribution in [1.29, 1.82) is 0 Å². The van der Waals surface area contributed by atoms with Crippen LogP contribution < -0.4 is 4.90 Å². The molecule has 0 unspecified atom stereocenters. The summed E-state index contributed by atoms with van der Waals surface area (Å²) in [5, 5.41) is 13.4. The normalized spacial score (nSPS) is 14.6. The number of rotatable bonds is 4. The summed E-state index contributed by atoms with van der Waals surface area (Å²) in [6.07, 6.45) is 1.95. The Hall–Kier alpha value is -1.64. The first kappa shape index (κ1) is 18.7. The van der Waals surface area contributed by atoms with Gasteiger partial charge in [-0.1, -0.05) is 6.92 Å². The molecular weight excluding hydrogens is 321 g/mol. The van der Waals surface area contributed by atoms with Crippen LogP contribution in [0.25, 0.3) is 5.65 Å². The number of carbonyl (C=O) groups excluding carboxylic acids is 1. The number of carboxylic acid groups (broad SMARTS) is 1. The third-order valence-corrected chi connectivity index (χ3v) is 4.07. The van der Waals surface area contributed by atoms with Crippen LogP contribution in [0.15, 0.2) is 12.3 Å². The molecule has 0 bridgehead atoms. The molecular formula is C15H20N5NaO3. The molecule has 24 heavy (non-hydrogen) atoms. The van der Waals surface area contributed by atoms with Gasteiger partial charge in [0.1, 0.15) is 11.4 Å². The first-order valence-electron chi connectivity index (χ1n) is 7.63. The molecule has 9 heteroatoms. The molecule has 1 aliphatic heterocycles. The molecule has 2 amide bonds. The number of fused-ring (bicyclic) bond motifs is 1. The SMILES string of the molecule is CCc1cc(N2CCN(C(C)C)C2=O)nc2c(C(=O)O)cnn12.[NaH]. The number of hydrogen-bond donors (Lipinski definition) is 1. The van der Waals surface area contributed by atoms with Gasteiger partial charge in [-0.05, 0) is 20.3 Å². The van der Waals surface area contributed by atoms with E-state index in [0.29, 0.717) is 25.3 Å². The number of aryl methyl sites for hydroxylation is 1. The summed E-state index contributed by atoms with van der Waals surface area (Å²) in [6.45, 7) is 7.06. The topological polar surface area (TPSA) is 91.0 Å². The van der Waals surface area contributed by atoms with Gasteiger partial charge in [0.15, 0.2) is 5.65 Å². The molecule has 0 saturated carbocycles. The van der Waals surface area contributed by atoms with Crippen LogP contribution in [-0.2, 0) is 6.42 Å². The Morgan fingerprint density at radius 2 is 2.08 bits per heavy atom. The molecule has 1 saturated heterocycles. The third kappa shape index (κ3) is 3.01. The molecule has 0 atom stereocenters. The summed E-state index contributed by atoms with van der Waals surface area (Å²) >= 11 is 0. The number of nitrogens with zero attached hydrogens (tertiary/aromatic N) is 5. The minimum atomic E-state index is -1.08. The molecule has 1 aliphatic rings. The van der Waals surface area contributed by atoms with Crippen molar-refractivity contribution >= 4 is 53.0 Å². The standard InChI is InChI=1S/C15H19N5O3.Na.H/c1-4-10-7-12(19-6-5-18(9(2)3)15(19)23)17-13-11(14(21)22)8-16-20(10)13;;/h7-9H,4-6H2,1-3H3,(H,21,22);;. The number of anilines is 1. The van der Waals surface area contributed by atoms with Crippen LogP contribution in [0.5, 0.6) is 0 Å². The van der Waals surface area contributed by atoms with Crippen molar-refractivity contribution in [3.8, 4) is 0 Å². The van der Waals surface area contributed by atoms with E-state index < -0.39 is 5.97 Å². The molecule has 0 spiro atoms. The Bertz CT molecular complexity index is 789. The molecule has 124 valence electrons. The number of carbonyl (C=O) groups is 2. The van der Waals surface area contributed by atoms with Gasteiger partial charge >= 0.3 is 41.6 Å². The van der Waals surface area contributed by atoms with E-state index in [9.17, 15) is 14.7 Å². The number of urea groups is 1. The van der Waals surface area contributed by atoms with Gasteiger partial charge in [-0.3, -0.25) is 4.90 Å². The van der Waals surface area contributed by atoms with Gasteiger partial charge in [-0.15, -0.1) is 0 Å². The van der Waals surface area contributed by atoms with Crippen molar-refractivity contribution in [1.82, 2.24) is 19.5 Å². The Morgan fingerprint density at radius 1 is 1.38 bits per heavy atom. The van der Waals surface area contributed by atoms with Gasteiger partial charge in [0.25, 0.3) is 0 Å². The van der Waals surface area contributed by atoms with Gasteiger partial charge in [0, 0.05) is 30.9 Å². The summed E-state index contributed by atoms with van der Waals surface area (Å²) < 4.78 is 1.52. The van der Waals surface area contributed by atoms with Crippen molar-refractivity contribution in [2.75, 3.05) is 18.0 Å². The Balaban J connectivity index is 0.00000208. The van der Waals surface area contributed by atoms with E-state index in [0.717, 1.165) is 5.69 Å². The third-order valence-electron chi connectivity index (χ3n) is 4.07. The van der Waals surface area contributed by atoms with E-state index in [1.54, 1.807) is 15.9 Å². The van der Waals surface area contributed by atoms with Crippen molar-refractivity contribution in [3.63, 3.8) is 0 Å². The average Bonchev–Trinajstić information content (AvgIpc) is 3.09. The number of hydrogen-bond acceptors (Lipinski definition) is 4. The Morgan fingerprint density at radius 3 is 2.62 bits per heavy atom. The molecule has 3 heterocycles. The van der Waals surface area contributed by atoms with Crippen molar-refractivity contribution in [2.45, 2.75) is 33.2 Å². The first-order valence-corrected chi connectivity index (χ1v) is 7.63. The van der Waals surface area contributed by atoms with Gasteiger partial charge < -0.3 is 10.0 Å². The number of aromatic carboxylic acids is 1. The second kappa shape index (κ2) is 7.08. The fraction of sp³-hybridized carbons (Fsp3) is 0.467. The maximum atomic E-state index is 12.5. The zero-order valence-corrected chi connectivity index (χ0v) is 13.4. The molecule has 8 nitrogen and oxygen atoms in total. The van der Waals surface area contributed by atoms with Gasteiger partial charge in [-0.25, -0.2) is 19.1 Å². The molecule has 0 radical (unpaired) electrons. The Kier molecular flexibility index (Phi) is 5.52. The molecule has 1 fully saturated rings. The maximum absolute atomic E-state index is 12.5. The van der Waals surface area contributed by atoms with Crippen molar-refractivity contribution < 1.29 is 14.7 Å².